The maximum Gasteiger partial charge on any atom is 0.222 e. The summed E-state index contributed by atoms with van der Waals surface area (Å²) in [5, 5.41) is 16.7. The number of hydrogen-bond donors (Lipinski definition) is 3. The van der Waals surface area contributed by atoms with E-state index >= 15 is 0 Å². The van der Waals surface area contributed by atoms with Crippen molar-refractivity contribution in [2.75, 3.05) is 31.0 Å². The first kappa shape index (κ1) is 19.8. The van der Waals surface area contributed by atoms with Crippen LogP contribution < -0.4 is 15.4 Å². The normalized spacial score (nSPS) is 29.2. The van der Waals surface area contributed by atoms with E-state index in [1.165, 1.54) is 7.11 Å². The lowest BCUT2D eigenvalue weighted by Gasteiger charge is -2.21. The Labute approximate surface area is 179 Å². The lowest BCUT2D eigenvalue weighted by molar-refractivity contribution is -0.0543. The third-order valence-electron chi connectivity index (χ3n) is 5.40. The first-order valence-electron chi connectivity index (χ1n) is 9.62. The Bertz CT molecular complexity index is 967. The Morgan fingerprint density at radius 1 is 1.23 bits per heavy atom. The summed E-state index contributed by atoms with van der Waals surface area (Å²) in [6, 6.07) is 5.42. The number of fused-ring (bicyclic) bond motifs is 2. The van der Waals surface area contributed by atoms with Gasteiger partial charge in [-0.25, -0.2) is 9.97 Å². The van der Waals surface area contributed by atoms with Crippen LogP contribution in [0.4, 0.5) is 11.5 Å². The van der Waals surface area contributed by atoms with Crippen molar-refractivity contribution in [1.82, 2.24) is 9.97 Å². The number of aromatic nitrogens is 2. The van der Waals surface area contributed by atoms with E-state index < -0.39 is 12.5 Å². The highest BCUT2D eigenvalue weighted by molar-refractivity contribution is 6.33. The average Bonchev–Trinajstić information content (AvgIpc) is 3.44. The molecule has 5 heterocycles. The molecular weight excluding hydrogens is 410 g/mol. The number of hydrogen-bond acceptors (Lipinski definition) is 9. The van der Waals surface area contributed by atoms with Crippen LogP contribution in [0.3, 0.4) is 0 Å². The number of anilines is 2. The third kappa shape index (κ3) is 3.38. The van der Waals surface area contributed by atoms with Gasteiger partial charge in [0.25, 0.3) is 0 Å². The SMILES string of the molecule is [B]Cc1ccc(-c2nc3c(cc2Cl)NC(OC2CO[C@@H]4C(O)CO[C@H]24)N3)c(OC)n1. The summed E-state index contributed by atoms with van der Waals surface area (Å²) >= 11 is 6.51. The van der Waals surface area contributed by atoms with Gasteiger partial charge in [-0.05, 0) is 24.5 Å². The molecule has 156 valence electrons. The summed E-state index contributed by atoms with van der Waals surface area (Å²) in [4.78, 5) is 9.04. The molecule has 2 fully saturated rings. The molecule has 0 spiro atoms. The summed E-state index contributed by atoms with van der Waals surface area (Å²) in [6.45, 7) is 0.596. The number of pyridine rings is 2. The van der Waals surface area contributed by atoms with Gasteiger partial charge in [0.05, 0.1) is 50.1 Å². The molecule has 3 unspecified atom stereocenters. The fraction of sp³-hybridized carbons (Fsp3) is 0.474. The van der Waals surface area contributed by atoms with Crippen LogP contribution in [0.25, 0.3) is 11.3 Å². The molecular formula is C19H20BClN4O5. The zero-order valence-corrected chi connectivity index (χ0v) is 16.9. The van der Waals surface area contributed by atoms with E-state index in [4.69, 9.17) is 38.4 Å². The molecule has 30 heavy (non-hydrogen) atoms. The lowest BCUT2D eigenvalue weighted by Crippen LogP contribution is -2.39. The maximum atomic E-state index is 9.88. The molecule has 5 rings (SSSR count). The van der Waals surface area contributed by atoms with Gasteiger partial charge in [-0.3, -0.25) is 0 Å². The molecule has 0 saturated carbocycles. The smallest absolute Gasteiger partial charge is 0.222 e. The van der Waals surface area contributed by atoms with Crippen LogP contribution in [0, 0.1) is 0 Å². The minimum absolute atomic E-state index is 0.250. The van der Waals surface area contributed by atoms with Crippen LogP contribution in [0.5, 0.6) is 5.88 Å². The monoisotopic (exact) mass is 430 g/mol. The van der Waals surface area contributed by atoms with Crippen molar-refractivity contribution in [2.45, 2.75) is 37.1 Å². The predicted octanol–water partition coefficient (Wildman–Crippen LogP) is 1.14. The van der Waals surface area contributed by atoms with Crippen molar-refractivity contribution in [3.8, 4) is 17.1 Å². The van der Waals surface area contributed by atoms with E-state index in [0.29, 0.717) is 52.3 Å². The third-order valence-corrected chi connectivity index (χ3v) is 5.69. The predicted molar refractivity (Wildman–Crippen MR) is 110 cm³/mol. The molecule has 2 saturated heterocycles. The lowest BCUT2D eigenvalue weighted by atomic mass is 10.0. The van der Waals surface area contributed by atoms with Crippen LogP contribution in [0.1, 0.15) is 5.69 Å². The first-order chi connectivity index (χ1) is 14.6. The zero-order valence-electron chi connectivity index (χ0n) is 16.2. The van der Waals surface area contributed by atoms with E-state index in [2.05, 4.69) is 20.6 Å². The standard InChI is InChI=1S/C19H20BClN4O5/c1-27-18-9(3-2-8(5-20)22-18)14-10(21)4-11-17(24-14)25-19(23-11)30-13-7-29-15-12(26)6-28-16(13)15/h2-4,12-13,15-16,19,23,26H,5-7H2,1H3,(H,24,25)/t12?,13?,15-,16-,19?/m1/s1. The van der Waals surface area contributed by atoms with Crippen molar-refractivity contribution < 1.29 is 24.1 Å². The van der Waals surface area contributed by atoms with Gasteiger partial charge in [0.2, 0.25) is 12.2 Å². The van der Waals surface area contributed by atoms with Crippen molar-refractivity contribution in [1.29, 1.82) is 0 Å². The second-order valence-electron chi connectivity index (χ2n) is 7.29. The van der Waals surface area contributed by atoms with Crippen LogP contribution in [0.2, 0.25) is 5.02 Å². The molecule has 0 bridgehead atoms. The Morgan fingerprint density at radius 2 is 2.07 bits per heavy atom. The van der Waals surface area contributed by atoms with E-state index in [-0.39, 0.29) is 24.9 Å². The van der Waals surface area contributed by atoms with Gasteiger partial charge in [-0.15, -0.1) is 0 Å². The minimum Gasteiger partial charge on any atom is -0.480 e. The highest BCUT2D eigenvalue weighted by atomic mass is 35.5. The quantitative estimate of drug-likeness (QED) is 0.602. The van der Waals surface area contributed by atoms with E-state index in [1.807, 2.05) is 12.1 Å². The second-order valence-corrected chi connectivity index (χ2v) is 7.69. The molecule has 5 atom stereocenters. The Balaban J connectivity index is 1.35. The Kier molecular flexibility index (Phi) is 5.20. The number of aliphatic hydroxyl groups excluding tert-OH is 1. The van der Waals surface area contributed by atoms with Gasteiger partial charge in [-0.1, -0.05) is 11.6 Å². The van der Waals surface area contributed by atoms with Crippen LogP contribution in [-0.2, 0) is 20.5 Å². The summed E-state index contributed by atoms with van der Waals surface area (Å²) < 4.78 is 22.7. The fourth-order valence-corrected chi connectivity index (χ4v) is 4.18. The summed E-state index contributed by atoms with van der Waals surface area (Å²) in [7, 11) is 7.20. The molecule has 0 aromatic carbocycles. The number of rotatable bonds is 5. The zero-order chi connectivity index (χ0) is 20.8. The molecule has 9 nitrogen and oxygen atoms in total. The highest BCUT2D eigenvalue weighted by Crippen LogP contribution is 2.39. The summed E-state index contributed by atoms with van der Waals surface area (Å²) in [5.74, 6) is 0.990. The van der Waals surface area contributed by atoms with Crippen molar-refractivity contribution in [3.63, 3.8) is 0 Å². The maximum absolute atomic E-state index is 9.88. The van der Waals surface area contributed by atoms with Crippen molar-refractivity contribution >= 4 is 31.0 Å². The molecule has 3 aliphatic heterocycles. The van der Waals surface area contributed by atoms with Gasteiger partial charge < -0.3 is 34.7 Å². The largest absolute Gasteiger partial charge is 0.480 e. The molecule has 11 heteroatoms. The van der Waals surface area contributed by atoms with Gasteiger partial charge >= 0.3 is 0 Å². The van der Waals surface area contributed by atoms with Crippen LogP contribution in [0.15, 0.2) is 18.2 Å². The molecule has 2 aromatic rings. The first-order valence-corrected chi connectivity index (χ1v) is 10.00. The Hall–Kier alpha value is -2.11. The van der Waals surface area contributed by atoms with Crippen molar-refractivity contribution in [2.24, 2.45) is 0 Å². The molecule has 2 radical (unpaired) electrons. The number of aliphatic hydroxyl groups is 1. The number of nitrogens with zero attached hydrogens (tertiary/aromatic N) is 2. The highest BCUT2D eigenvalue weighted by Gasteiger charge is 2.48. The van der Waals surface area contributed by atoms with E-state index in [1.54, 1.807) is 6.07 Å². The van der Waals surface area contributed by atoms with E-state index in [9.17, 15) is 5.11 Å². The van der Waals surface area contributed by atoms with Gasteiger partial charge in [0.15, 0.2) is 5.82 Å². The van der Waals surface area contributed by atoms with E-state index in [0.717, 1.165) is 0 Å². The second kappa shape index (κ2) is 7.86. The van der Waals surface area contributed by atoms with Gasteiger partial charge in [-0.2, -0.15) is 0 Å². The number of nitrogens with one attached hydrogen (secondary N) is 2. The number of methoxy groups -OCH3 is 1. The fourth-order valence-electron chi connectivity index (χ4n) is 3.93. The molecule has 2 aromatic heterocycles. The Morgan fingerprint density at radius 3 is 2.87 bits per heavy atom. The van der Waals surface area contributed by atoms with Gasteiger partial charge in [0.1, 0.15) is 24.4 Å². The topological polar surface area (TPSA) is 107 Å². The number of ether oxygens (including phenoxy) is 4. The van der Waals surface area contributed by atoms with Crippen LogP contribution >= 0.6 is 11.6 Å². The molecule has 0 aliphatic carbocycles. The molecule has 0 amide bonds. The molecule has 3 N–H and O–H groups in total. The number of halogens is 1. The van der Waals surface area contributed by atoms with Gasteiger partial charge in [0, 0.05) is 5.69 Å². The summed E-state index contributed by atoms with van der Waals surface area (Å²) in [6.07, 6.45) is -1.81. The minimum atomic E-state index is -0.623. The molecule has 3 aliphatic rings. The van der Waals surface area contributed by atoms with Crippen molar-refractivity contribution in [3.05, 3.63) is 28.9 Å². The van der Waals surface area contributed by atoms with Crippen LogP contribution in [-0.4, -0.2) is 74.0 Å². The average molecular weight is 431 g/mol. The summed E-state index contributed by atoms with van der Waals surface area (Å²) in [5.41, 5.74) is 2.61.